The van der Waals surface area contributed by atoms with Crippen molar-refractivity contribution in [3.8, 4) is 0 Å². The summed E-state index contributed by atoms with van der Waals surface area (Å²) >= 11 is 0. The second kappa shape index (κ2) is 9.64. The predicted octanol–water partition coefficient (Wildman–Crippen LogP) is 3.25. The van der Waals surface area contributed by atoms with Gasteiger partial charge in [0.1, 0.15) is 0 Å². The summed E-state index contributed by atoms with van der Waals surface area (Å²) in [6.07, 6.45) is 3.09. The van der Waals surface area contributed by atoms with E-state index in [4.69, 9.17) is 9.47 Å². The fourth-order valence-corrected chi connectivity index (χ4v) is 2.96. The predicted molar refractivity (Wildman–Crippen MR) is 95.3 cm³/mol. The lowest BCUT2D eigenvalue weighted by Crippen LogP contribution is -2.38. The normalized spacial score (nSPS) is 16.6. The molecule has 0 spiro atoms. The minimum Gasteiger partial charge on any atom is -0.381 e. The number of nitrogens with one attached hydrogen (secondary N) is 2. The summed E-state index contributed by atoms with van der Waals surface area (Å²) in [5, 5.41) is 5.88. The maximum absolute atomic E-state index is 12.0. The van der Waals surface area contributed by atoms with E-state index >= 15 is 0 Å². The molecule has 1 unspecified atom stereocenters. The van der Waals surface area contributed by atoms with Crippen LogP contribution in [0.4, 0.5) is 4.79 Å². The maximum Gasteiger partial charge on any atom is 0.315 e. The van der Waals surface area contributed by atoms with E-state index < -0.39 is 0 Å². The molecule has 24 heavy (non-hydrogen) atoms. The van der Waals surface area contributed by atoms with Crippen LogP contribution in [0.2, 0.25) is 0 Å². The highest BCUT2D eigenvalue weighted by atomic mass is 16.5. The third-order valence-electron chi connectivity index (χ3n) is 4.22. The Balaban J connectivity index is 1.62. The van der Waals surface area contributed by atoms with E-state index in [1.54, 1.807) is 0 Å². The number of amides is 2. The van der Waals surface area contributed by atoms with E-state index in [0.29, 0.717) is 19.3 Å². The minimum absolute atomic E-state index is 0.0120. The second-order valence-electron chi connectivity index (χ2n) is 6.58. The Labute approximate surface area is 145 Å². The Morgan fingerprint density at radius 2 is 1.92 bits per heavy atom. The smallest absolute Gasteiger partial charge is 0.315 e. The van der Waals surface area contributed by atoms with Crippen molar-refractivity contribution in [2.24, 2.45) is 0 Å². The number of benzene rings is 1. The van der Waals surface area contributed by atoms with Crippen molar-refractivity contribution in [3.05, 3.63) is 34.9 Å². The van der Waals surface area contributed by atoms with Crippen LogP contribution in [0.15, 0.2) is 18.2 Å². The highest BCUT2D eigenvalue weighted by Crippen LogP contribution is 2.16. The van der Waals surface area contributed by atoms with E-state index in [1.165, 1.54) is 11.1 Å². The number of urea groups is 1. The first-order valence-electron chi connectivity index (χ1n) is 8.86. The van der Waals surface area contributed by atoms with Crippen LogP contribution in [0.5, 0.6) is 0 Å². The van der Waals surface area contributed by atoms with E-state index in [0.717, 1.165) is 38.0 Å². The third kappa shape index (κ3) is 6.49. The largest absolute Gasteiger partial charge is 0.381 e. The molecule has 1 aromatic carbocycles. The van der Waals surface area contributed by atoms with E-state index in [9.17, 15) is 4.79 Å². The molecule has 2 amide bonds. The molecule has 2 rings (SSSR count). The molecule has 0 aliphatic carbocycles. The Hall–Kier alpha value is -1.59. The van der Waals surface area contributed by atoms with Crippen molar-refractivity contribution >= 4 is 6.03 Å². The molecular weight excluding hydrogens is 304 g/mol. The first kappa shape index (κ1) is 18.7. The third-order valence-corrected chi connectivity index (χ3v) is 4.22. The summed E-state index contributed by atoms with van der Waals surface area (Å²) in [5.41, 5.74) is 3.55. The fraction of sp³-hybridized carbons (Fsp3) is 0.632. The van der Waals surface area contributed by atoms with Gasteiger partial charge in [-0.2, -0.15) is 0 Å². The molecule has 1 atom stereocenters. The maximum atomic E-state index is 12.0. The highest BCUT2D eigenvalue weighted by Gasteiger charge is 2.14. The molecule has 0 bridgehead atoms. The molecule has 2 N–H and O–H groups in total. The van der Waals surface area contributed by atoms with Crippen LogP contribution in [0.3, 0.4) is 0 Å². The summed E-state index contributed by atoms with van der Waals surface area (Å²) in [6.45, 7) is 9.03. The Morgan fingerprint density at radius 1 is 1.25 bits per heavy atom. The molecule has 1 aliphatic rings. The average molecular weight is 334 g/mol. The zero-order chi connectivity index (χ0) is 17.4. The molecule has 5 nitrogen and oxygen atoms in total. The Kier molecular flexibility index (Phi) is 7.53. The van der Waals surface area contributed by atoms with Crippen molar-refractivity contribution in [1.29, 1.82) is 0 Å². The van der Waals surface area contributed by atoms with Gasteiger partial charge in [-0.05, 0) is 45.6 Å². The minimum atomic E-state index is -0.132. The number of rotatable bonds is 7. The van der Waals surface area contributed by atoms with Gasteiger partial charge in [0.15, 0.2) is 0 Å². The van der Waals surface area contributed by atoms with Gasteiger partial charge in [-0.1, -0.05) is 29.3 Å². The van der Waals surface area contributed by atoms with Crippen LogP contribution in [0, 0.1) is 13.8 Å². The number of aryl methyl sites for hydroxylation is 2. The van der Waals surface area contributed by atoms with Gasteiger partial charge in [-0.25, -0.2) is 4.79 Å². The molecule has 0 saturated carbocycles. The van der Waals surface area contributed by atoms with Crippen molar-refractivity contribution in [2.45, 2.75) is 52.2 Å². The van der Waals surface area contributed by atoms with Crippen molar-refractivity contribution in [1.82, 2.24) is 10.6 Å². The van der Waals surface area contributed by atoms with Crippen molar-refractivity contribution in [3.63, 3.8) is 0 Å². The van der Waals surface area contributed by atoms with E-state index in [1.807, 2.05) is 6.92 Å². The zero-order valence-electron chi connectivity index (χ0n) is 15.1. The quantitative estimate of drug-likeness (QED) is 0.753. The lowest BCUT2D eigenvalue weighted by atomic mass is 10.0. The van der Waals surface area contributed by atoms with Crippen molar-refractivity contribution < 1.29 is 14.3 Å². The molecule has 5 heteroatoms. The van der Waals surface area contributed by atoms with Crippen LogP contribution in [0.25, 0.3) is 0 Å². The number of hydrogen-bond acceptors (Lipinski definition) is 3. The second-order valence-corrected chi connectivity index (χ2v) is 6.58. The molecule has 1 saturated heterocycles. The SMILES string of the molecule is Cc1cc(C)cc(C(C)NC(=O)NCCCOC2CCOCC2)c1. The van der Waals surface area contributed by atoms with Gasteiger partial charge in [0.25, 0.3) is 0 Å². The highest BCUT2D eigenvalue weighted by molar-refractivity contribution is 5.74. The number of carbonyl (C=O) groups excluding carboxylic acids is 1. The molecule has 134 valence electrons. The Bertz CT molecular complexity index is 507. The molecule has 1 aliphatic heterocycles. The van der Waals surface area contributed by atoms with E-state index in [-0.39, 0.29) is 12.1 Å². The van der Waals surface area contributed by atoms with Gasteiger partial charge in [0, 0.05) is 26.4 Å². The lowest BCUT2D eigenvalue weighted by molar-refractivity contribution is -0.0320. The standard InChI is InChI=1S/C19H30N2O3/c1-14-11-15(2)13-17(12-14)16(3)21-19(22)20-7-4-8-24-18-5-9-23-10-6-18/h11-13,16,18H,4-10H2,1-3H3,(H2,20,21,22). The molecule has 1 heterocycles. The van der Waals surface area contributed by atoms with Crippen LogP contribution in [-0.4, -0.2) is 38.5 Å². The number of hydrogen-bond donors (Lipinski definition) is 2. The van der Waals surface area contributed by atoms with Gasteiger partial charge in [-0.15, -0.1) is 0 Å². The average Bonchev–Trinajstić information content (AvgIpc) is 2.54. The Morgan fingerprint density at radius 3 is 2.58 bits per heavy atom. The molecule has 1 fully saturated rings. The van der Waals surface area contributed by atoms with Crippen molar-refractivity contribution in [2.75, 3.05) is 26.4 Å². The van der Waals surface area contributed by atoms with Crippen LogP contribution in [-0.2, 0) is 9.47 Å². The van der Waals surface area contributed by atoms with Gasteiger partial charge in [0.2, 0.25) is 0 Å². The number of ether oxygens (including phenoxy) is 2. The molecular formula is C19H30N2O3. The van der Waals surface area contributed by atoms with Gasteiger partial charge in [-0.3, -0.25) is 0 Å². The van der Waals surface area contributed by atoms with E-state index in [2.05, 4.69) is 42.7 Å². The summed E-state index contributed by atoms with van der Waals surface area (Å²) in [4.78, 5) is 12.0. The molecule has 1 aromatic rings. The molecule has 0 aromatic heterocycles. The first-order chi connectivity index (χ1) is 11.5. The first-order valence-corrected chi connectivity index (χ1v) is 8.86. The number of carbonyl (C=O) groups is 1. The summed E-state index contributed by atoms with van der Waals surface area (Å²) in [7, 11) is 0. The van der Waals surface area contributed by atoms with Crippen LogP contribution < -0.4 is 10.6 Å². The van der Waals surface area contributed by atoms with Gasteiger partial charge >= 0.3 is 6.03 Å². The van der Waals surface area contributed by atoms with Crippen LogP contribution in [0.1, 0.15) is 48.9 Å². The fourth-order valence-electron chi connectivity index (χ4n) is 2.96. The topological polar surface area (TPSA) is 59.6 Å². The van der Waals surface area contributed by atoms with Gasteiger partial charge < -0.3 is 20.1 Å². The summed E-state index contributed by atoms with van der Waals surface area (Å²) in [6, 6.07) is 6.21. The lowest BCUT2D eigenvalue weighted by Gasteiger charge is -2.22. The zero-order valence-corrected chi connectivity index (χ0v) is 15.1. The van der Waals surface area contributed by atoms with Gasteiger partial charge in [0.05, 0.1) is 12.1 Å². The van der Waals surface area contributed by atoms with Crippen LogP contribution >= 0.6 is 0 Å². The molecule has 0 radical (unpaired) electrons. The summed E-state index contributed by atoms with van der Waals surface area (Å²) < 4.78 is 11.1. The summed E-state index contributed by atoms with van der Waals surface area (Å²) in [5.74, 6) is 0. The monoisotopic (exact) mass is 334 g/mol.